The van der Waals surface area contributed by atoms with Gasteiger partial charge in [0.15, 0.2) is 0 Å². The summed E-state index contributed by atoms with van der Waals surface area (Å²) in [5.41, 5.74) is 1.03. The molecule has 0 aromatic heterocycles. The maximum absolute atomic E-state index is 12.9. The van der Waals surface area contributed by atoms with Crippen LogP contribution in [0, 0.1) is 11.8 Å². The summed E-state index contributed by atoms with van der Waals surface area (Å²) in [7, 11) is 0. The molecule has 27 heavy (non-hydrogen) atoms. The Kier molecular flexibility index (Phi) is 6.52. The maximum Gasteiger partial charge on any atom is 0.310 e. The minimum Gasteiger partial charge on any atom is -0.466 e. The fraction of sp³-hybridized carbons (Fsp3) is 0.550. The topological polar surface area (TPSA) is 66.9 Å². The molecule has 1 aromatic rings. The lowest BCUT2D eigenvalue weighted by Gasteiger charge is -2.33. The van der Waals surface area contributed by atoms with Gasteiger partial charge in [-0.05, 0) is 37.5 Å². The zero-order valence-corrected chi connectivity index (χ0v) is 17.1. The first-order chi connectivity index (χ1) is 13.0. The second kappa shape index (κ2) is 8.87. The smallest absolute Gasteiger partial charge is 0.310 e. The summed E-state index contributed by atoms with van der Waals surface area (Å²) in [4.78, 5) is 40.8. The highest BCUT2D eigenvalue weighted by Gasteiger charge is 2.38. The molecular weight excluding hydrogens is 412 g/mol. The van der Waals surface area contributed by atoms with Crippen LogP contribution in [0.15, 0.2) is 28.7 Å². The first-order valence-electron chi connectivity index (χ1n) is 9.45. The van der Waals surface area contributed by atoms with Gasteiger partial charge < -0.3 is 14.5 Å². The quantitative estimate of drug-likeness (QED) is 0.665. The van der Waals surface area contributed by atoms with Gasteiger partial charge in [-0.2, -0.15) is 0 Å². The van der Waals surface area contributed by atoms with Crippen molar-refractivity contribution < 1.29 is 19.1 Å². The molecule has 2 fully saturated rings. The van der Waals surface area contributed by atoms with Crippen LogP contribution >= 0.6 is 15.9 Å². The Morgan fingerprint density at radius 2 is 2.07 bits per heavy atom. The fourth-order valence-electron chi connectivity index (χ4n) is 3.83. The van der Waals surface area contributed by atoms with Gasteiger partial charge in [-0.3, -0.25) is 14.4 Å². The van der Waals surface area contributed by atoms with Gasteiger partial charge in [0.2, 0.25) is 11.8 Å². The molecular formula is C20H25BrN2O4. The van der Waals surface area contributed by atoms with Crippen molar-refractivity contribution in [3.63, 3.8) is 0 Å². The lowest BCUT2D eigenvalue weighted by Crippen LogP contribution is -2.45. The molecule has 146 valence electrons. The molecule has 3 rings (SSSR count). The number of benzene rings is 1. The van der Waals surface area contributed by atoms with Crippen molar-refractivity contribution in [2.75, 3.05) is 26.2 Å². The number of piperidine rings is 1. The summed E-state index contributed by atoms with van der Waals surface area (Å²) in [5, 5.41) is 0. The Morgan fingerprint density at radius 3 is 2.81 bits per heavy atom. The molecule has 1 aromatic carbocycles. The van der Waals surface area contributed by atoms with E-state index in [4.69, 9.17) is 4.74 Å². The highest BCUT2D eigenvalue weighted by Crippen LogP contribution is 2.26. The Bertz CT molecular complexity index is 724. The van der Waals surface area contributed by atoms with Crippen LogP contribution in [0.25, 0.3) is 0 Å². The van der Waals surface area contributed by atoms with E-state index in [-0.39, 0.29) is 36.0 Å². The van der Waals surface area contributed by atoms with Crippen LogP contribution in [0.3, 0.4) is 0 Å². The molecule has 0 saturated carbocycles. The molecule has 2 saturated heterocycles. The second-order valence-corrected chi connectivity index (χ2v) is 8.10. The molecule has 0 N–H and O–H groups in total. The van der Waals surface area contributed by atoms with Gasteiger partial charge in [-0.1, -0.05) is 28.1 Å². The van der Waals surface area contributed by atoms with Crippen molar-refractivity contribution in [1.82, 2.24) is 9.80 Å². The van der Waals surface area contributed by atoms with E-state index >= 15 is 0 Å². The van der Waals surface area contributed by atoms with E-state index in [9.17, 15) is 14.4 Å². The van der Waals surface area contributed by atoms with Crippen LogP contribution in [0.1, 0.15) is 31.7 Å². The van der Waals surface area contributed by atoms with Crippen molar-refractivity contribution in [3.05, 3.63) is 34.3 Å². The van der Waals surface area contributed by atoms with Crippen molar-refractivity contribution in [2.45, 2.75) is 32.7 Å². The number of hydrogen-bond donors (Lipinski definition) is 0. The third kappa shape index (κ3) is 4.89. The van der Waals surface area contributed by atoms with Crippen LogP contribution in [0.2, 0.25) is 0 Å². The number of rotatable bonds is 5. The van der Waals surface area contributed by atoms with Gasteiger partial charge in [0.25, 0.3) is 0 Å². The lowest BCUT2D eigenvalue weighted by molar-refractivity contribution is -0.152. The van der Waals surface area contributed by atoms with Crippen LogP contribution in [-0.2, 0) is 25.7 Å². The zero-order chi connectivity index (χ0) is 19.4. The third-order valence-electron chi connectivity index (χ3n) is 5.18. The van der Waals surface area contributed by atoms with E-state index in [1.807, 2.05) is 24.3 Å². The molecule has 2 heterocycles. The fourth-order valence-corrected chi connectivity index (χ4v) is 4.28. The number of carbonyl (C=O) groups is 3. The monoisotopic (exact) mass is 436 g/mol. The summed E-state index contributed by atoms with van der Waals surface area (Å²) >= 11 is 3.44. The van der Waals surface area contributed by atoms with E-state index in [1.54, 1.807) is 16.7 Å². The molecule has 2 aliphatic rings. The summed E-state index contributed by atoms with van der Waals surface area (Å²) in [6.45, 7) is 4.12. The number of carbonyl (C=O) groups excluding carboxylic acids is 3. The standard InChI is InChI=1S/C20H25BrN2O4/c1-2-27-20(26)15-6-4-8-22(12-15)19(25)16-10-18(24)23(13-16)11-14-5-3-7-17(21)9-14/h3,5,7,9,15-16H,2,4,6,8,10-13H2,1H3. The SMILES string of the molecule is CCOC(=O)C1CCCN(C(=O)C2CC(=O)N(Cc3cccc(Br)c3)C2)C1. The minimum atomic E-state index is -0.328. The lowest BCUT2D eigenvalue weighted by atomic mass is 9.96. The number of esters is 1. The summed E-state index contributed by atoms with van der Waals surface area (Å²) in [6, 6.07) is 7.84. The summed E-state index contributed by atoms with van der Waals surface area (Å²) in [6.07, 6.45) is 1.78. The molecule has 0 spiro atoms. The first kappa shape index (κ1) is 19.9. The molecule has 2 amide bonds. The predicted octanol–water partition coefficient (Wildman–Crippen LogP) is 2.60. The molecule has 0 bridgehead atoms. The van der Waals surface area contributed by atoms with E-state index < -0.39 is 0 Å². The number of halogens is 1. The molecule has 2 atom stereocenters. The Labute approximate surface area is 168 Å². The summed E-state index contributed by atoms with van der Waals surface area (Å²) in [5.74, 6) is -0.821. The number of likely N-dealkylation sites (tertiary alicyclic amines) is 2. The Morgan fingerprint density at radius 1 is 1.26 bits per heavy atom. The normalized spacial score (nSPS) is 22.8. The number of amides is 2. The van der Waals surface area contributed by atoms with Gasteiger partial charge in [0.1, 0.15) is 0 Å². The van der Waals surface area contributed by atoms with Crippen LogP contribution in [0.5, 0.6) is 0 Å². The zero-order valence-electron chi connectivity index (χ0n) is 15.5. The first-order valence-corrected chi connectivity index (χ1v) is 10.2. The van der Waals surface area contributed by atoms with Crippen molar-refractivity contribution >= 4 is 33.7 Å². The van der Waals surface area contributed by atoms with Crippen molar-refractivity contribution in [2.24, 2.45) is 11.8 Å². The molecule has 0 radical (unpaired) electrons. The van der Waals surface area contributed by atoms with Crippen LogP contribution < -0.4 is 0 Å². The van der Waals surface area contributed by atoms with Gasteiger partial charge in [-0.25, -0.2) is 0 Å². The second-order valence-electron chi connectivity index (χ2n) is 7.18. The molecule has 6 nitrogen and oxygen atoms in total. The molecule has 2 unspecified atom stereocenters. The van der Waals surface area contributed by atoms with E-state index in [0.29, 0.717) is 32.8 Å². The van der Waals surface area contributed by atoms with Gasteiger partial charge in [0, 0.05) is 37.1 Å². The summed E-state index contributed by atoms with van der Waals surface area (Å²) < 4.78 is 6.07. The Hall–Kier alpha value is -1.89. The predicted molar refractivity (Wildman–Crippen MR) is 104 cm³/mol. The number of ether oxygens (including phenoxy) is 1. The van der Waals surface area contributed by atoms with E-state index in [0.717, 1.165) is 22.9 Å². The maximum atomic E-state index is 12.9. The largest absolute Gasteiger partial charge is 0.466 e. The molecule has 2 aliphatic heterocycles. The molecule has 0 aliphatic carbocycles. The average Bonchev–Trinajstić information content (AvgIpc) is 3.02. The highest BCUT2D eigenvalue weighted by atomic mass is 79.9. The average molecular weight is 437 g/mol. The van der Waals surface area contributed by atoms with Crippen LogP contribution in [0.4, 0.5) is 0 Å². The molecule has 7 heteroatoms. The highest BCUT2D eigenvalue weighted by molar-refractivity contribution is 9.10. The minimum absolute atomic E-state index is 0.00674. The Balaban J connectivity index is 1.59. The van der Waals surface area contributed by atoms with Gasteiger partial charge >= 0.3 is 5.97 Å². The number of nitrogens with zero attached hydrogens (tertiary/aromatic N) is 2. The van der Waals surface area contributed by atoms with Crippen LogP contribution in [-0.4, -0.2) is 53.8 Å². The van der Waals surface area contributed by atoms with Crippen molar-refractivity contribution in [3.8, 4) is 0 Å². The number of hydrogen-bond acceptors (Lipinski definition) is 4. The van der Waals surface area contributed by atoms with Gasteiger partial charge in [0.05, 0.1) is 18.4 Å². The van der Waals surface area contributed by atoms with E-state index in [2.05, 4.69) is 15.9 Å². The third-order valence-corrected chi connectivity index (χ3v) is 5.67. The van der Waals surface area contributed by atoms with E-state index in [1.165, 1.54) is 0 Å². The van der Waals surface area contributed by atoms with Crippen molar-refractivity contribution in [1.29, 1.82) is 0 Å². The van der Waals surface area contributed by atoms with Gasteiger partial charge in [-0.15, -0.1) is 0 Å².